The third-order valence-electron chi connectivity index (χ3n) is 0.782. The SMILES string of the molecule is C=CCNC(=O)[C@@H](C)Cl. The molecule has 0 radical (unpaired) electrons. The van der Waals surface area contributed by atoms with E-state index in [1.165, 1.54) is 0 Å². The average Bonchev–Trinajstić information content (AvgIpc) is 1.82. The van der Waals surface area contributed by atoms with Gasteiger partial charge in [-0.2, -0.15) is 0 Å². The molecule has 1 amide bonds. The predicted molar refractivity (Wildman–Crippen MR) is 38.5 cm³/mol. The summed E-state index contributed by atoms with van der Waals surface area (Å²) in [6.07, 6.45) is 1.61. The minimum Gasteiger partial charge on any atom is -0.351 e. The van der Waals surface area contributed by atoms with E-state index >= 15 is 0 Å². The topological polar surface area (TPSA) is 29.1 Å². The minimum absolute atomic E-state index is 0.156. The van der Waals surface area contributed by atoms with E-state index in [1.807, 2.05) is 0 Å². The van der Waals surface area contributed by atoms with Crippen molar-refractivity contribution >= 4 is 17.5 Å². The van der Waals surface area contributed by atoms with Crippen LogP contribution in [-0.2, 0) is 4.79 Å². The number of nitrogens with one attached hydrogen (secondary N) is 1. The molecule has 3 heteroatoms. The van der Waals surface area contributed by atoms with Crippen LogP contribution < -0.4 is 5.32 Å². The van der Waals surface area contributed by atoms with Crippen molar-refractivity contribution in [2.24, 2.45) is 0 Å². The van der Waals surface area contributed by atoms with Crippen molar-refractivity contribution in [1.82, 2.24) is 5.32 Å². The molecule has 1 N–H and O–H groups in total. The van der Waals surface area contributed by atoms with Crippen LogP contribution in [0.1, 0.15) is 6.92 Å². The standard InChI is InChI=1S/C6H10ClNO/c1-3-4-8-6(9)5(2)7/h3,5H,1,4H2,2H3,(H,8,9)/t5-/m1/s1. The normalized spacial score (nSPS) is 12.2. The number of alkyl halides is 1. The summed E-state index contributed by atoms with van der Waals surface area (Å²) < 4.78 is 0. The second kappa shape index (κ2) is 4.39. The van der Waals surface area contributed by atoms with Crippen LogP contribution in [0.4, 0.5) is 0 Å². The lowest BCUT2D eigenvalue weighted by Crippen LogP contribution is -2.29. The summed E-state index contributed by atoms with van der Waals surface area (Å²) in [5.74, 6) is -0.156. The Morgan fingerprint density at radius 3 is 2.89 bits per heavy atom. The van der Waals surface area contributed by atoms with E-state index in [0.29, 0.717) is 6.54 Å². The molecule has 0 heterocycles. The van der Waals surface area contributed by atoms with Gasteiger partial charge in [-0.15, -0.1) is 18.2 Å². The number of halogens is 1. The molecule has 2 nitrogen and oxygen atoms in total. The van der Waals surface area contributed by atoms with Crippen molar-refractivity contribution in [2.45, 2.75) is 12.3 Å². The molecule has 0 fully saturated rings. The van der Waals surface area contributed by atoms with Gasteiger partial charge in [-0.1, -0.05) is 6.08 Å². The van der Waals surface area contributed by atoms with Gasteiger partial charge in [0.25, 0.3) is 0 Å². The Kier molecular flexibility index (Phi) is 4.14. The van der Waals surface area contributed by atoms with Gasteiger partial charge in [0.2, 0.25) is 5.91 Å². The maximum atomic E-state index is 10.6. The first-order chi connectivity index (χ1) is 4.18. The molecule has 1 atom stereocenters. The van der Waals surface area contributed by atoms with Gasteiger partial charge in [0.15, 0.2) is 0 Å². The zero-order valence-corrected chi connectivity index (χ0v) is 6.11. The van der Waals surface area contributed by atoms with Crippen LogP contribution in [0.25, 0.3) is 0 Å². The molecule has 0 aliphatic rings. The maximum Gasteiger partial charge on any atom is 0.238 e. The second-order valence-corrected chi connectivity index (χ2v) is 2.30. The van der Waals surface area contributed by atoms with Crippen molar-refractivity contribution in [1.29, 1.82) is 0 Å². The quantitative estimate of drug-likeness (QED) is 0.467. The molecule has 0 saturated carbocycles. The van der Waals surface area contributed by atoms with Crippen LogP contribution in [0.5, 0.6) is 0 Å². The summed E-state index contributed by atoms with van der Waals surface area (Å²) in [6, 6.07) is 0. The van der Waals surface area contributed by atoms with E-state index in [2.05, 4.69) is 11.9 Å². The number of hydrogen-bond donors (Lipinski definition) is 1. The summed E-state index contributed by atoms with van der Waals surface area (Å²) in [5.41, 5.74) is 0. The molecule has 0 aromatic rings. The van der Waals surface area contributed by atoms with Gasteiger partial charge in [0.05, 0.1) is 0 Å². The van der Waals surface area contributed by atoms with Crippen molar-refractivity contribution in [3.05, 3.63) is 12.7 Å². The van der Waals surface area contributed by atoms with Crippen LogP contribution in [0.3, 0.4) is 0 Å². The highest BCUT2D eigenvalue weighted by atomic mass is 35.5. The number of hydrogen-bond acceptors (Lipinski definition) is 1. The molecule has 0 spiro atoms. The van der Waals surface area contributed by atoms with Crippen LogP contribution in [0.2, 0.25) is 0 Å². The second-order valence-electron chi connectivity index (χ2n) is 1.65. The molecule has 0 aromatic carbocycles. The van der Waals surface area contributed by atoms with E-state index < -0.39 is 5.38 Å². The van der Waals surface area contributed by atoms with Gasteiger partial charge in [0, 0.05) is 6.54 Å². The van der Waals surface area contributed by atoms with Crippen LogP contribution in [0.15, 0.2) is 12.7 Å². The first-order valence-electron chi connectivity index (χ1n) is 2.71. The van der Waals surface area contributed by atoms with Crippen molar-refractivity contribution in [3.63, 3.8) is 0 Å². The fraction of sp³-hybridized carbons (Fsp3) is 0.500. The van der Waals surface area contributed by atoms with Gasteiger partial charge in [0.1, 0.15) is 5.38 Å². The smallest absolute Gasteiger partial charge is 0.238 e. The monoisotopic (exact) mass is 147 g/mol. The fourth-order valence-corrected chi connectivity index (χ4v) is 0.391. The lowest BCUT2D eigenvalue weighted by Gasteiger charge is -2.01. The molecule has 52 valence electrons. The molecule has 0 rings (SSSR count). The van der Waals surface area contributed by atoms with E-state index in [-0.39, 0.29) is 5.91 Å². The van der Waals surface area contributed by atoms with Crippen LogP contribution >= 0.6 is 11.6 Å². The molecule has 0 unspecified atom stereocenters. The first-order valence-corrected chi connectivity index (χ1v) is 3.14. The highest BCUT2D eigenvalue weighted by Crippen LogP contribution is 1.90. The Bertz CT molecular complexity index is 112. The van der Waals surface area contributed by atoms with E-state index in [4.69, 9.17) is 11.6 Å². The van der Waals surface area contributed by atoms with Gasteiger partial charge in [-0.25, -0.2) is 0 Å². The number of carbonyl (C=O) groups is 1. The van der Waals surface area contributed by atoms with Gasteiger partial charge in [-0.05, 0) is 6.92 Å². The van der Waals surface area contributed by atoms with Gasteiger partial charge in [-0.3, -0.25) is 4.79 Å². The number of rotatable bonds is 3. The van der Waals surface area contributed by atoms with E-state index in [1.54, 1.807) is 13.0 Å². The third kappa shape index (κ3) is 4.03. The summed E-state index contributed by atoms with van der Waals surface area (Å²) in [4.78, 5) is 10.6. The Morgan fingerprint density at radius 1 is 2.00 bits per heavy atom. The molecular formula is C6H10ClNO. The van der Waals surface area contributed by atoms with Crippen molar-refractivity contribution < 1.29 is 4.79 Å². The van der Waals surface area contributed by atoms with Crippen LogP contribution in [0, 0.1) is 0 Å². The van der Waals surface area contributed by atoms with Crippen molar-refractivity contribution in [2.75, 3.05) is 6.54 Å². The average molecular weight is 148 g/mol. The molecule has 0 aliphatic heterocycles. The highest BCUT2D eigenvalue weighted by molar-refractivity contribution is 6.30. The maximum absolute atomic E-state index is 10.6. The van der Waals surface area contributed by atoms with Gasteiger partial charge < -0.3 is 5.32 Å². The lowest BCUT2D eigenvalue weighted by atomic mass is 10.4. The largest absolute Gasteiger partial charge is 0.351 e. The Balaban J connectivity index is 3.38. The molecule has 0 aliphatic carbocycles. The predicted octanol–water partition coefficient (Wildman–Crippen LogP) is 0.916. The van der Waals surface area contributed by atoms with Crippen molar-refractivity contribution in [3.8, 4) is 0 Å². The summed E-state index contributed by atoms with van der Waals surface area (Å²) in [7, 11) is 0. The van der Waals surface area contributed by atoms with Gasteiger partial charge >= 0.3 is 0 Å². The van der Waals surface area contributed by atoms with E-state index in [9.17, 15) is 4.79 Å². The molecule has 0 saturated heterocycles. The van der Waals surface area contributed by atoms with Crippen LogP contribution in [-0.4, -0.2) is 17.8 Å². The summed E-state index contributed by atoms with van der Waals surface area (Å²) >= 11 is 5.42. The Hall–Kier alpha value is -0.500. The lowest BCUT2D eigenvalue weighted by molar-refractivity contribution is -0.120. The number of amides is 1. The molecular weight excluding hydrogens is 138 g/mol. The fourth-order valence-electron chi connectivity index (χ4n) is 0.313. The summed E-state index contributed by atoms with van der Waals surface area (Å²) in [5, 5.41) is 2.09. The third-order valence-corrected chi connectivity index (χ3v) is 0.980. The summed E-state index contributed by atoms with van der Waals surface area (Å²) in [6.45, 7) is 5.54. The zero-order chi connectivity index (χ0) is 7.28. The minimum atomic E-state index is -0.454. The van der Waals surface area contributed by atoms with E-state index in [0.717, 1.165) is 0 Å². The molecule has 9 heavy (non-hydrogen) atoms. The first kappa shape index (κ1) is 8.50. The number of carbonyl (C=O) groups excluding carboxylic acids is 1. The molecule has 0 bridgehead atoms. The Labute approximate surface area is 59.9 Å². The Morgan fingerprint density at radius 2 is 2.56 bits per heavy atom. The highest BCUT2D eigenvalue weighted by Gasteiger charge is 2.05. The molecule has 0 aromatic heterocycles. The zero-order valence-electron chi connectivity index (χ0n) is 5.36.